The molecule has 0 aliphatic heterocycles. The second-order valence-electron chi connectivity index (χ2n) is 3.47. The molecule has 0 saturated heterocycles. The minimum absolute atomic E-state index is 0.0224. The van der Waals surface area contributed by atoms with Crippen molar-refractivity contribution in [1.82, 2.24) is 4.72 Å². The lowest BCUT2D eigenvalue weighted by atomic mass is 10.3. The molecule has 0 aromatic heterocycles. The Morgan fingerprint density at radius 2 is 2.16 bits per heavy atom. The van der Waals surface area contributed by atoms with Gasteiger partial charge in [-0.2, -0.15) is 11.8 Å². The standard InChI is InChI=1S/C9H14N4O4S2/c1-18-5-4-11-19(16,17)9-3-2-7(13(14)15)6-8(9)12-10/h2-3,6,11-12H,4-5,10H2,1H3. The van der Waals surface area contributed by atoms with Crippen LogP contribution in [0.1, 0.15) is 0 Å². The zero-order valence-corrected chi connectivity index (χ0v) is 11.8. The minimum Gasteiger partial charge on any atom is -0.323 e. The number of nitrogens with zero attached hydrogens (tertiary/aromatic N) is 1. The normalized spacial score (nSPS) is 11.3. The van der Waals surface area contributed by atoms with Crippen molar-refractivity contribution >= 4 is 33.2 Å². The first-order valence-electron chi connectivity index (χ1n) is 5.16. The minimum atomic E-state index is -3.75. The van der Waals surface area contributed by atoms with Gasteiger partial charge in [0.15, 0.2) is 0 Å². The molecule has 8 nitrogen and oxygen atoms in total. The molecule has 4 N–H and O–H groups in total. The van der Waals surface area contributed by atoms with Gasteiger partial charge in [-0.3, -0.25) is 16.0 Å². The van der Waals surface area contributed by atoms with Crippen LogP contribution in [-0.4, -0.2) is 31.9 Å². The van der Waals surface area contributed by atoms with Gasteiger partial charge in [-0.1, -0.05) is 0 Å². The summed E-state index contributed by atoms with van der Waals surface area (Å²) in [6.07, 6.45) is 1.85. The lowest BCUT2D eigenvalue weighted by Crippen LogP contribution is -2.27. The quantitative estimate of drug-likeness (QED) is 0.290. The van der Waals surface area contributed by atoms with Crippen LogP contribution in [0.4, 0.5) is 11.4 Å². The number of anilines is 1. The lowest BCUT2D eigenvalue weighted by molar-refractivity contribution is -0.384. The van der Waals surface area contributed by atoms with Gasteiger partial charge in [-0.25, -0.2) is 13.1 Å². The largest absolute Gasteiger partial charge is 0.323 e. The van der Waals surface area contributed by atoms with E-state index in [1.165, 1.54) is 11.8 Å². The molecule has 0 aliphatic rings. The van der Waals surface area contributed by atoms with Crippen molar-refractivity contribution in [2.45, 2.75) is 4.90 Å². The van der Waals surface area contributed by atoms with Crippen molar-refractivity contribution in [3.05, 3.63) is 28.3 Å². The van der Waals surface area contributed by atoms with Crippen LogP contribution >= 0.6 is 11.8 Å². The maximum absolute atomic E-state index is 12.0. The molecule has 1 aromatic rings. The highest BCUT2D eigenvalue weighted by Gasteiger charge is 2.20. The summed E-state index contributed by atoms with van der Waals surface area (Å²) in [6.45, 7) is 0.268. The van der Waals surface area contributed by atoms with Crippen molar-refractivity contribution < 1.29 is 13.3 Å². The number of nitrogens with one attached hydrogen (secondary N) is 2. The maximum atomic E-state index is 12.0. The Balaban J connectivity index is 3.09. The Hall–Kier alpha value is -1.36. The second kappa shape index (κ2) is 6.70. The Labute approximate surface area is 114 Å². The third-order valence-electron chi connectivity index (χ3n) is 2.22. The van der Waals surface area contributed by atoms with Gasteiger partial charge in [0, 0.05) is 24.4 Å². The van der Waals surface area contributed by atoms with Crippen LogP contribution in [0.5, 0.6) is 0 Å². The van der Waals surface area contributed by atoms with Crippen LogP contribution < -0.4 is 16.0 Å². The van der Waals surface area contributed by atoms with Crippen LogP contribution in [0.15, 0.2) is 23.1 Å². The fourth-order valence-electron chi connectivity index (χ4n) is 1.33. The zero-order chi connectivity index (χ0) is 14.5. The number of hydrogen-bond acceptors (Lipinski definition) is 7. The van der Waals surface area contributed by atoms with Crippen molar-refractivity contribution in [3.8, 4) is 0 Å². The first-order chi connectivity index (χ1) is 8.92. The molecule has 0 heterocycles. The van der Waals surface area contributed by atoms with E-state index in [4.69, 9.17) is 5.84 Å². The lowest BCUT2D eigenvalue weighted by Gasteiger charge is -2.10. The van der Waals surface area contributed by atoms with Gasteiger partial charge in [-0.15, -0.1) is 0 Å². The molecule has 0 bridgehead atoms. The number of nitro groups is 1. The van der Waals surface area contributed by atoms with Gasteiger partial charge in [0.2, 0.25) is 10.0 Å². The summed E-state index contributed by atoms with van der Waals surface area (Å²) in [6, 6.07) is 3.34. The first kappa shape index (κ1) is 15.7. The Morgan fingerprint density at radius 3 is 2.68 bits per heavy atom. The van der Waals surface area contributed by atoms with Crippen LogP contribution in [-0.2, 0) is 10.0 Å². The monoisotopic (exact) mass is 306 g/mol. The van der Waals surface area contributed by atoms with Crippen LogP contribution in [0, 0.1) is 10.1 Å². The predicted octanol–water partition coefficient (Wildman–Crippen LogP) is 0.522. The molecule has 10 heteroatoms. The summed E-state index contributed by atoms with van der Waals surface area (Å²) < 4.78 is 26.3. The number of hydrogen-bond donors (Lipinski definition) is 3. The first-order valence-corrected chi connectivity index (χ1v) is 8.03. The van der Waals surface area contributed by atoms with Gasteiger partial charge in [-0.05, 0) is 12.3 Å². The number of nitro benzene ring substituents is 1. The summed E-state index contributed by atoms with van der Waals surface area (Å²) in [5.74, 6) is 5.82. The van der Waals surface area contributed by atoms with E-state index >= 15 is 0 Å². The summed E-state index contributed by atoms with van der Waals surface area (Å²) in [5, 5.41) is 10.6. The average Bonchev–Trinajstić information content (AvgIpc) is 2.38. The zero-order valence-electron chi connectivity index (χ0n) is 10.1. The SMILES string of the molecule is CSCCNS(=O)(=O)c1ccc([N+](=O)[O-])cc1NN. The van der Waals surface area contributed by atoms with Gasteiger partial charge in [0.25, 0.3) is 5.69 Å². The van der Waals surface area contributed by atoms with Crippen LogP contribution in [0.25, 0.3) is 0 Å². The van der Waals surface area contributed by atoms with Crippen molar-refractivity contribution in [1.29, 1.82) is 0 Å². The Kier molecular flexibility index (Phi) is 5.54. The number of rotatable bonds is 7. The summed E-state index contributed by atoms with van der Waals surface area (Å²) >= 11 is 1.50. The van der Waals surface area contributed by atoms with E-state index < -0.39 is 14.9 Å². The molecular weight excluding hydrogens is 292 g/mol. The predicted molar refractivity (Wildman–Crippen MR) is 74.5 cm³/mol. The van der Waals surface area contributed by atoms with Gasteiger partial charge >= 0.3 is 0 Å². The van der Waals surface area contributed by atoms with E-state index in [-0.39, 0.29) is 22.8 Å². The van der Waals surface area contributed by atoms with Crippen molar-refractivity contribution in [2.24, 2.45) is 5.84 Å². The summed E-state index contributed by atoms with van der Waals surface area (Å²) in [5.41, 5.74) is 1.90. The Bertz CT molecular complexity index is 561. The number of nitrogens with two attached hydrogens (primary N) is 1. The van der Waals surface area contributed by atoms with E-state index in [0.29, 0.717) is 5.75 Å². The smallest absolute Gasteiger partial charge is 0.271 e. The summed E-state index contributed by atoms with van der Waals surface area (Å²) in [7, 11) is -3.75. The fraction of sp³-hybridized carbons (Fsp3) is 0.333. The molecule has 106 valence electrons. The summed E-state index contributed by atoms with van der Waals surface area (Å²) in [4.78, 5) is 9.86. The molecular formula is C9H14N4O4S2. The Morgan fingerprint density at radius 1 is 1.47 bits per heavy atom. The highest BCUT2D eigenvalue weighted by atomic mass is 32.2. The fourth-order valence-corrected chi connectivity index (χ4v) is 2.95. The van der Waals surface area contributed by atoms with Gasteiger partial charge < -0.3 is 5.43 Å². The van der Waals surface area contributed by atoms with Gasteiger partial charge in [0.05, 0.1) is 10.6 Å². The van der Waals surface area contributed by atoms with E-state index in [9.17, 15) is 18.5 Å². The van der Waals surface area contributed by atoms with Crippen molar-refractivity contribution in [3.63, 3.8) is 0 Å². The van der Waals surface area contributed by atoms with E-state index in [1.54, 1.807) is 0 Å². The topological polar surface area (TPSA) is 127 Å². The van der Waals surface area contributed by atoms with E-state index in [1.807, 2.05) is 6.26 Å². The highest BCUT2D eigenvalue weighted by molar-refractivity contribution is 7.98. The average molecular weight is 306 g/mol. The third kappa shape index (κ3) is 4.06. The molecule has 0 amide bonds. The molecule has 0 aliphatic carbocycles. The molecule has 0 atom stereocenters. The molecule has 1 aromatic carbocycles. The number of nitrogen functional groups attached to an aromatic ring is 1. The molecule has 0 unspecified atom stereocenters. The molecule has 1 rings (SSSR count). The van der Waals surface area contributed by atoms with E-state index in [0.717, 1.165) is 18.2 Å². The molecule has 0 saturated carbocycles. The highest BCUT2D eigenvalue weighted by Crippen LogP contribution is 2.25. The molecule has 0 radical (unpaired) electrons. The second-order valence-corrected chi connectivity index (χ2v) is 6.19. The van der Waals surface area contributed by atoms with E-state index in [2.05, 4.69) is 10.1 Å². The van der Waals surface area contributed by atoms with Gasteiger partial charge in [0.1, 0.15) is 4.90 Å². The number of hydrazine groups is 1. The number of benzene rings is 1. The van der Waals surface area contributed by atoms with Crippen molar-refractivity contribution in [2.75, 3.05) is 24.0 Å². The molecule has 19 heavy (non-hydrogen) atoms. The number of sulfonamides is 1. The van der Waals surface area contributed by atoms with Crippen LogP contribution in [0.2, 0.25) is 0 Å². The molecule has 0 fully saturated rings. The van der Waals surface area contributed by atoms with Crippen LogP contribution in [0.3, 0.4) is 0 Å². The molecule has 0 spiro atoms. The number of non-ortho nitro benzene ring substituents is 1. The third-order valence-corrected chi connectivity index (χ3v) is 4.35. The maximum Gasteiger partial charge on any atom is 0.271 e. The number of thioether (sulfide) groups is 1.